The van der Waals surface area contributed by atoms with E-state index in [4.69, 9.17) is 33.2 Å². The first-order valence-corrected chi connectivity index (χ1v) is 26.6. The number of hydrogen-bond acceptors (Lipinski definition) is 15. The Labute approximate surface area is 457 Å². The van der Waals surface area contributed by atoms with Gasteiger partial charge >= 0.3 is 36.4 Å². The van der Waals surface area contributed by atoms with Crippen LogP contribution in [0.25, 0.3) is 10.8 Å². The molecule has 1 aliphatic heterocycles. The normalized spacial score (nSPS) is 13.9. The lowest BCUT2D eigenvalue weighted by molar-refractivity contribution is -0.148. The van der Waals surface area contributed by atoms with Crippen molar-refractivity contribution >= 4 is 59.0 Å². The van der Waals surface area contributed by atoms with E-state index in [1.807, 2.05) is 51.1 Å². The standard InChI is InChI=1S/C57H89N7O13/c1-52(2,3)72-44(65)38-43(60-47(66)73-53(4,5)6)58-30-23-21-19-20-22-24-32-63(50(69)76-56(13,14)15)46(61-48(67)74-54(7,8)9)64(51(70)77-57(16,17)18)34-35-71-42-29-28-39-36-41(27-26-40(39)37-42)45-59-31-25-33-62(45)49(68)75-55(10,11)12/h26-29,36-38,58H,19-25,30-35H2,1-18H3,(H,60,66)/b43-38-,61-46?. The van der Waals surface area contributed by atoms with E-state index in [-0.39, 0.29) is 31.5 Å². The van der Waals surface area contributed by atoms with Gasteiger partial charge in [-0.05, 0) is 173 Å². The van der Waals surface area contributed by atoms with Crippen LogP contribution in [0.15, 0.2) is 58.3 Å². The van der Waals surface area contributed by atoms with Crippen LogP contribution in [0.1, 0.15) is 175 Å². The van der Waals surface area contributed by atoms with Crippen LogP contribution in [0.5, 0.6) is 5.75 Å². The van der Waals surface area contributed by atoms with Gasteiger partial charge in [0, 0.05) is 31.7 Å². The number of fused-ring (bicyclic) bond motifs is 1. The third kappa shape index (κ3) is 25.9. The van der Waals surface area contributed by atoms with Gasteiger partial charge in [-0.25, -0.2) is 38.6 Å². The third-order valence-corrected chi connectivity index (χ3v) is 10.0. The summed E-state index contributed by atoms with van der Waals surface area (Å²) in [7, 11) is 0. The van der Waals surface area contributed by atoms with Crippen molar-refractivity contribution in [2.45, 2.75) is 203 Å². The Balaban J connectivity index is 1.85. The molecule has 0 atom stereocenters. The Morgan fingerprint density at radius 2 is 1.13 bits per heavy atom. The minimum absolute atomic E-state index is 0.00201. The summed E-state index contributed by atoms with van der Waals surface area (Å²) in [6.45, 7) is 32.3. The van der Waals surface area contributed by atoms with E-state index in [9.17, 15) is 28.8 Å². The molecule has 5 amide bonds. The fourth-order valence-electron chi connectivity index (χ4n) is 7.19. The van der Waals surface area contributed by atoms with Crippen molar-refractivity contribution in [1.29, 1.82) is 0 Å². The first-order chi connectivity index (χ1) is 35.4. The van der Waals surface area contributed by atoms with Gasteiger partial charge in [-0.2, -0.15) is 0 Å². The van der Waals surface area contributed by atoms with Gasteiger partial charge in [0.2, 0.25) is 5.96 Å². The molecule has 1 aliphatic rings. The highest BCUT2D eigenvalue weighted by atomic mass is 16.6. The van der Waals surface area contributed by atoms with Gasteiger partial charge in [0.05, 0.1) is 12.6 Å². The monoisotopic (exact) mass is 1080 g/mol. The highest BCUT2D eigenvalue weighted by Gasteiger charge is 2.36. The second-order valence-corrected chi connectivity index (χ2v) is 24.7. The Bertz CT molecular complexity index is 2440. The minimum atomic E-state index is -1.04. The summed E-state index contributed by atoms with van der Waals surface area (Å²) in [5.41, 5.74) is -4.32. The summed E-state index contributed by atoms with van der Waals surface area (Å²) in [5, 5.41) is 7.40. The fourth-order valence-corrected chi connectivity index (χ4v) is 7.19. The average Bonchev–Trinajstić information content (AvgIpc) is 3.24. The number of hydrogen-bond donors (Lipinski definition) is 2. The molecule has 2 N–H and O–H groups in total. The second kappa shape index (κ2) is 27.6. The average molecular weight is 1080 g/mol. The number of nitrogens with zero attached hydrogens (tertiary/aromatic N) is 5. The molecule has 2 aromatic carbocycles. The molecule has 0 aromatic heterocycles. The van der Waals surface area contributed by atoms with Crippen LogP contribution in [-0.2, 0) is 33.2 Å². The number of alkyl carbamates (subject to hydrolysis) is 1. The van der Waals surface area contributed by atoms with Crippen molar-refractivity contribution < 1.29 is 61.9 Å². The number of ether oxygens (including phenoxy) is 7. The van der Waals surface area contributed by atoms with Crippen LogP contribution in [0, 0.1) is 0 Å². The molecule has 3 rings (SSSR count). The number of benzene rings is 2. The lowest BCUT2D eigenvalue weighted by atomic mass is 10.0. The Hall–Kier alpha value is -6.60. The highest BCUT2D eigenvalue weighted by molar-refractivity contribution is 6.09. The maximum Gasteiger partial charge on any atom is 0.437 e. The van der Waals surface area contributed by atoms with E-state index in [2.05, 4.69) is 20.6 Å². The predicted molar refractivity (Wildman–Crippen MR) is 297 cm³/mol. The van der Waals surface area contributed by atoms with Crippen molar-refractivity contribution in [1.82, 2.24) is 25.3 Å². The summed E-state index contributed by atoms with van der Waals surface area (Å²) < 4.78 is 40.0. The molecule has 77 heavy (non-hydrogen) atoms. The molecule has 0 saturated heterocycles. The van der Waals surface area contributed by atoms with Gasteiger partial charge in [0.25, 0.3) is 0 Å². The maximum absolute atomic E-state index is 14.3. The van der Waals surface area contributed by atoms with Crippen molar-refractivity contribution in [2.75, 3.05) is 39.3 Å². The van der Waals surface area contributed by atoms with Crippen LogP contribution in [0.3, 0.4) is 0 Å². The van der Waals surface area contributed by atoms with Crippen molar-refractivity contribution in [3.8, 4) is 5.75 Å². The Morgan fingerprint density at radius 1 is 0.610 bits per heavy atom. The first kappa shape index (κ1) is 64.7. The van der Waals surface area contributed by atoms with Gasteiger partial charge in [-0.1, -0.05) is 43.9 Å². The molecule has 1 heterocycles. The number of nitrogens with one attached hydrogen (secondary N) is 2. The molecule has 0 saturated carbocycles. The predicted octanol–water partition coefficient (Wildman–Crippen LogP) is 12.0. The topological polar surface area (TPSA) is 226 Å². The largest absolute Gasteiger partial charge is 0.492 e. The molecule has 2 aromatic rings. The maximum atomic E-state index is 14.3. The minimum Gasteiger partial charge on any atom is -0.492 e. The third-order valence-electron chi connectivity index (χ3n) is 10.0. The van der Waals surface area contributed by atoms with Crippen LogP contribution >= 0.6 is 0 Å². The quantitative estimate of drug-likeness (QED) is 0.0375. The molecular weight excluding hydrogens is 991 g/mol. The SMILES string of the molecule is CC(C)(C)OC(=O)/C=C(/NCCCCCCCCN(C(=O)OC(C)(C)C)C(=NC(=O)OC(C)(C)C)N(CCOc1ccc2cc(C3=NCCCN3C(=O)OC(C)(C)C)ccc2c1)C(=O)OC(C)(C)C)NC(=O)OC(C)(C)C. The molecule has 0 fully saturated rings. The molecule has 0 aliphatic carbocycles. The van der Waals surface area contributed by atoms with E-state index in [1.54, 1.807) is 115 Å². The van der Waals surface area contributed by atoms with Crippen molar-refractivity contribution in [2.24, 2.45) is 9.98 Å². The van der Waals surface area contributed by atoms with Crippen LogP contribution in [0.4, 0.5) is 24.0 Å². The summed E-state index contributed by atoms with van der Waals surface area (Å²) in [6, 6.07) is 11.3. The van der Waals surface area contributed by atoms with E-state index >= 15 is 0 Å². The van der Waals surface area contributed by atoms with Gasteiger partial charge in [-0.15, -0.1) is 4.99 Å². The van der Waals surface area contributed by atoms with Crippen molar-refractivity contribution in [3.63, 3.8) is 0 Å². The molecule has 430 valence electrons. The highest BCUT2D eigenvalue weighted by Crippen LogP contribution is 2.26. The van der Waals surface area contributed by atoms with Gasteiger partial charge < -0.3 is 38.5 Å². The zero-order chi connectivity index (χ0) is 58.2. The zero-order valence-electron chi connectivity index (χ0n) is 49.3. The fraction of sp³-hybridized carbons (Fsp3) is 0.649. The molecular formula is C57H89N7O13. The number of esters is 1. The van der Waals surface area contributed by atoms with E-state index in [0.29, 0.717) is 50.5 Å². The van der Waals surface area contributed by atoms with E-state index < -0.39 is 70.0 Å². The summed E-state index contributed by atoms with van der Waals surface area (Å²) in [4.78, 5) is 93.2. The molecule has 0 unspecified atom stereocenters. The molecule has 0 bridgehead atoms. The number of rotatable bonds is 17. The summed E-state index contributed by atoms with van der Waals surface area (Å²) >= 11 is 0. The van der Waals surface area contributed by atoms with Crippen LogP contribution < -0.4 is 15.4 Å². The number of aliphatic imine (C=N–C) groups is 2. The van der Waals surface area contributed by atoms with Crippen LogP contribution in [-0.4, -0.2) is 136 Å². The van der Waals surface area contributed by atoms with Crippen molar-refractivity contribution in [3.05, 3.63) is 53.9 Å². The lowest BCUT2D eigenvalue weighted by Crippen LogP contribution is -2.53. The van der Waals surface area contributed by atoms with Gasteiger partial charge in [0.1, 0.15) is 57.6 Å². The first-order valence-electron chi connectivity index (χ1n) is 26.6. The second-order valence-electron chi connectivity index (χ2n) is 24.7. The zero-order valence-corrected chi connectivity index (χ0v) is 49.3. The Morgan fingerprint density at radius 3 is 1.70 bits per heavy atom. The number of amidine groups is 1. The molecule has 0 radical (unpaired) electrons. The molecule has 20 heteroatoms. The van der Waals surface area contributed by atoms with E-state index in [1.165, 1.54) is 6.08 Å². The molecule has 20 nitrogen and oxygen atoms in total. The summed E-state index contributed by atoms with van der Waals surface area (Å²) in [6.07, 6.45) is 2.05. The lowest BCUT2D eigenvalue weighted by Gasteiger charge is -2.34. The van der Waals surface area contributed by atoms with Gasteiger partial charge in [-0.3, -0.25) is 15.2 Å². The Kier molecular flexibility index (Phi) is 23.2. The number of unbranched alkanes of at least 4 members (excludes halogenated alkanes) is 5. The smallest absolute Gasteiger partial charge is 0.437 e. The number of carbonyl (C=O) groups excluding carboxylic acids is 6. The van der Waals surface area contributed by atoms with E-state index in [0.717, 1.165) is 51.8 Å². The number of amides is 5. The summed E-state index contributed by atoms with van der Waals surface area (Å²) in [5.74, 6) is 0.178. The van der Waals surface area contributed by atoms with Crippen LogP contribution in [0.2, 0.25) is 0 Å². The molecule has 0 spiro atoms. The number of guanidine groups is 1. The van der Waals surface area contributed by atoms with Gasteiger partial charge in [0.15, 0.2) is 0 Å². The number of carbonyl (C=O) groups is 6.